The van der Waals surface area contributed by atoms with Crippen LogP contribution in [0.1, 0.15) is 11.1 Å². The van der Waals surface area contributed by atoms with Gasteiger partial charge in [-0.1, -0.05) is 24.3 Å². The van der Waals surface area contributed by atoms with Gasteiger partial charge in [-0.3, -0.25) is 14.9 Å². The lowest BCUT2D eigenvalue weighted by Crippen LogP contribution is -2.13. The van der Waals surface area contributed by atoms with E-state index in [1.807, 2.05) is 0 Å². The average Bonchev–Trinajstić information content (AvgIpc) is 2.47. The minimum absolute atomic E-state index is 0.0326. The smallest absolute Gasteiger partial charge is 0.316 e. The summed E-state index contributed by atoms with van der Waals surface area (Å²) in [5.74, 6) is -0.0683. The summed E-state index contributed by atoms with van der Waals surface area (Å²) in [4.78, 5) is 22.4. The summed E-state index contributed by atoms with van der Waals surface area (Å²) in [6.07, 6.45) is -0.0326. The van der Waals surface area contributed by atoms with Crippen molar-refractivity contribution in [3.8, 4) is 11.5 Å². The Hall–Kier alpha value is -2.89. The number of benzene rings is 2. The Morgan fingerprint density at radius 3 is 2.59 bits per heavy atom. The largest absolute Gasteiger partial charge is 0.496 e. The van der Waals surface area contributed by atoms with Crippen LogP contribution in [-0.4, -0.2) is 18.0 Å². The Morgan fingerprint density at radius 2 is 1.91 bits per heavy atom. The normalized spacial score (nSPS) is 10.1. The van der Waals surface area contributed by atoms with Crippen LogP contribution < -0.4 is 9.47 Å². The van der Waals surface area contributed by atoms with E-state index in [2.05, 4.69) is 0 Å². The molecule has 0 aliphatic carbocycles. The number of nitro benzene ring substituents is 1. The van der Waals surface area contributed by atoms with Crippen LogP contribution in [0.4, 0.5) is 5.69 Å². The number of hydrogen-bond donors (Lipinski definition) is 0. The number of nitrogens with zero attached hydrogens (tertiary/aromatic N) is 1. The van der Waals surface area contributed by atoms with E-state index in [1.165, 1.54) is 19.2 Å². The summed E-state index contributed by atoms with van der Waals surface area (Å²) in [6.45, 7) is 1.77. The van der Waals surface area contributed by atoms with Gasteiger partial charge < -0.3 is 9.47 Å². The predicted molar refractivity (Wildman–Crippen MR) is 80.2 cm³/mol. The van der Waals surface area contributed by atoms with E-state index in [1.54, 1.807) is 37.3 Å². The number of hydrogen-bond acceptors (Lipinski definition) is 5. The van der Waals surface area contributed by atoms with Gasteiger partial charge in [0.05, 0.1) is 18.5 Å². The van der Waals surface area contributed by atoms with Crippen LogP contribution in [0.15, 0.2) is 42.5 Å². The molecule has 2 aromatic rings. The molecule has 0 radical (unpaired) electrons. The maximum Gasteiger partial charge on any atom is 0.316 e. The Balaban J connectivity index is 2.19. The third kappa shape index (κ3) is 3.60. The van der Waals surface area contributed by atoms with Crippen molar-refractivity contribution in [2.24, 2.45) is 0 Å². The molecule has 0 aliphatic heterocycles. The van der Waals surface area contributed by atoms with E-state index < -0.39 is 10.9 Å². The molecular weight excluding hydrogens is 286 g/mol. The maximum absolute atomic E-state index is 12.0. The second kappa shape index (κ2) is 6.71. The second-order valence-corrected chi connectivity index (χ2v) is 4.69. The fraction of sp³-hybridized carbons (Fsp3) is 0.188. The number of nitro groups is 1. The van der Waals surface area contributed by atoms with Gasteiger partial charge in [-0.2, -0.15) is 0 Å². The molecule has 0 atom stereocenters. The molecule has 0 fully saturated rings. The molecule has 0 amide bonds. The molecule has 22 heavy (non-hydrogen) atoms. The number of esters is 1. The molecule has 2 aromatic carbocycles. The number of methoxy groups -OCH3 is 1. The van der Waals surface area contributed by atoms with Gasteiger partial charge in [0.1, 0.15) is 5.75 Å². The van der Waals surface area contributed by atoms with E-state index in [0.717, 1.165) is 5.56 Å². The molecule has 0 saturated heterocycles. The molecule has 6 heteroatoms. The van der Waals surface area contributed by atoms with Gasteiger partial charge in [-0.25, -0.2) is 0 Å². The summed E-state index contributed by atoms with van der Waals surface area (Å²) >= 11 is 0. The van der Waals surface area contributed by atoms with Crippen molar-refractivity contribution >= 4 is 11.7 Å². The van der Waals surface area contributed by atoms with Crippen LogP contribution in [0.2, 0.25) is 0 Å². The second-order valence-electron chi connectivity index (χ2n) is 4.69. The maximum atomic E-state index is 12.0. The summed E-state index contributed by atoms with van der Waals surface area (Å²) in [6, 6.07) is 11.4. The van der Waals surface area contributed by atoms with Crippen LogP contribution >= 0.6 is 0 Å². The SMILES string of the molecule is COc1ccccc1CC(=O)Oc1cc(C)ccc1[N+](=O)[O-]. The zero-order valence-corrected chi connectivity index (χ0v) is 12.2. The van der Waals surface area contributed by atoms with Gasteiger partial charge in [-0.15, -0.1) is 0 Å². The van der Waals surface area contributed by atoms with Crippen molar-refractivity contribution in [1.82, 2.24) is 0 Å². The fourth-order valence-electron chi connectivity index (χ4n) is 2.02. The van der Waals surface area contributed by atoms with Crippen molar-refractivity contribution in [2.45, 2.75) is 13.3 Å². The summed E-state index contributed by atoms with van der Waals surface area (Å²) in [5, 5.41) is 11.0. The van der Waals surface area contributed by atoms with Gasteiger partial charge in [0.25, 0.3) is 0 Å². The molecule has 0 saturated carbocycles. The van der Waals surface area contributed by atoms with Crippen LogP contribution in [-0.2, 0) is 11.2 Å². The number of rotatable bonds is 5. The van der Waals surface area contributed by atoms with E-state index in [-0.39, 0.29) is 17.9 Å². The third-order valence-corrected chi connectivity index (χ3v) is 3.06. The Morgan fingerprint density at radius 1 is 1.18 bits per heavy atom. The third-order valence-electron chi connectivity index (χ3n) is 3.06. The minimum atomic E-state index is -0.585. The highest BCUT2D eigenvalue weighted by Crippen LogP contribution is 2.28. The van der Waals surface area contributed by atoms with E-state index >= 15 is 0 Å². The van der Waals surface area contributed by atoms with E-state index in [9.17, 15) is 14.9 Å². The molecule has 6 nitrogen and oxygen atoms in total. The summed E-state index contributed by atoms with van der Waals surface area (Å²) in [7, 11) is 1.51. The topological polar surface area (TPSA) is 78.7 Å². The van der Waals surface area contributed by atoms with Gasteiger partial charge in [0.15, 0.2) is 0 Å². The quantitative estimate of drug-likeness (QED) is 0.367. The van der Waals surface area contributed by atoms with Gasteiger partial charge in [0.2, 0.25) is 5.75 Å². The number of ether oxygens (including phenoxy) is 2. The molecule has 0 bridgehead atoms. The Bertz CT molecular complexity index is 711. The summed E-state index contributed by atoms with van der Waals surface area (Å²) < 4.78 is 10.3. The minimum Gasteiger partial charge on any atom is -0.496 e. The first-order valence-corrected chi connectivity index (χ1v) is 6.59. The number of carbonyl (C=O) groups is 1. The highest BCUT2D eigenvalue weighted by Gasteiger charge is 2.19. The van der Waals surface area contributed by atoms with Crippen molar-refractivity contribution in [1.29, 1.82) is 0 Å². The van der Waals surface area contributed by atoms with E-state index in [0.29, 0.717) is 11.3 Å². The predicted octanol–water partition coefficient (Wildman–Crippen LogP) is 3.06. The first kappa shape index (κ1) is 15.5. The van der Waals surface area contributed by atoms with Crippen LogP contribution in [0.3, 0.4) is 0 Å². The number of aryl methyl sites for hydroxylation is 1. The average molecular weight is 301 g/mol. The molecule has 114 valence electrons. The molecular formula is C16H15NO5. The highest BCUT2D eigenvalue weighted by molar-refractivity contribution is 5.77. The van der Waals surface area contributed by atoms with E-state index in [4.69, 9.17) is 9.47 Å². The Labute approximate surface area is 127 Å². The van der Waals surface area contributed by atoms with Crippen molar-refractivity contribution in [2.75, 3.05) is 7.11 Å². The molecule has 0 heterocycles. The van der Waals surface area contributed by atoms with Crippen molar-refractivity contribution in [3.05, 3.63) is 63.7 Å². The zero-order valence-electron chi connectivity index (χ0n) is 12.2. The zero-order chi connectivity index (χ0) is 16.1. The van der Waals surface area contributed by atoms with Gasteiger partial charge >= 0.3 is 11.7 Å². The molecule has 0 N–H and O–H groups in total. The van der Waals surface area contributed by atoms with Crippen LogP contribution in [0, 0.1) is 17.0 Å². The van der Waals surface area contributed by atoms with Crippen LogP contribution in [0.25, 0.3) is 0 Å². The lowest BCUT2D eigenvalue weighted by molar-refractivity contribution is -0.385. The van der Waals surface area contributed by atoms with Gasteiger partial charge in [0, 0.05) is 11.6 Å². The van der Waals surface area contributed by atoms with Crippen molar-refractivity contribution < 1.29 is 19.2 Å². The number of para-hydroxylation sites is 1. The molecule has 0 spiro atoms. The lowest BCUT2D eigenvalue weighted by atomic mass is 10.1. The van der Waals surface area contributed by atoms with Gasteiger partial charge in [-0.05, 0) is 24.6 Å². The molecule has 0 aromatic heterocycles. The first-order chi connectivity index (χ1) is 10.5. The van der Waals surface area contributed by atoms with Crippen molar-refractivity contribution in [3.63, 3.8) is 0 Å². The highest BCUT2D eigenvalue weighted by atomic mass is 16.6. The lowest BCUT2D eigenvalue weighted by Gasteiger charge is -2.09. The first-order valence-electron chi connectivity index (χ1n) is 6.59. The molecule has 2 rings (SSSR count). The Kier molecular flexibility index (Phi) is 4.73. The molecule has 0 aliphatic rings. The van der Waals surface area contributed by atoms with Crippen LogP contribution in [0.5, 0.6) is 11.5 Å². The fourth-order valence-corrected chi connectivity index (χ4v) is 2.02. The summed E-state index contributed by atoms with van der Waals surface area (Å²) in [5.41, 5.74) is 1.19. The standard InChI is InChI=1S/C16H15NO5/c1-11-7-8-13(17(19)20)15(9-11)22-16(18)10-12-5-3-4-6-14(12)21-2/h3-9H,10H2,1-2H3. The number of carbonyl (C=O) groups excluding carboxylic acids is 1. The molecule has 0 unspecified atom stereocenters. The monoisotopic (exact) mass is 301 g/mol.